The van der Waals surface area contributed by atoms with E-state index in [1.807, 2.05) is 18.2 Å². The summed E-state index contributed by atoms with van der Waals surface area (Å²) in [5, 5.41) is 3.32. The Bertz CT molecular complexity index is 624. The van der Waals surface area contributed by atoms with Gasteiger partial charge in [0.05, 0.1) is 6.54 Å². The van der Waals surface area contributed by atoms with E-state index in [2.05, 4.69) is 10.3 Å². The first-order valence-electron chi connectivity index (χ1n) is 6.23. The lowest BCUT2D eigenvalue weighted by atomic mass is 9.89. The molecule has 2 aromatic rings. The van der Waals surface area contributed by atoms with Crippen LogP contribution in [0.2, 0.25) is 4.47 Å². The SMILES string of the molecule is O=C1CCCc2cccc(NCc3cnc(Cl)s3)c21. The summed E-state index contributed by atoms with van der Waals surface area (Å²) in [7, 11) is 0. The number of hydrogen-bond acceptors (Lipinski definition) is 4. The first-order valence-corrected chi connectivity index (χ1v) is 7.42. The number of nitrogens with one attached hydrogen (secondary N) is 1. The molecule has 0 saturated heterocycles. The van der Waals surface area contributed by atoms with Crippen LogP contribution < -0.4 is 5.32 Å². The minimum Gasteiger partial charge on any atom is -0.379 e. The molecule has 3 nitrogen and oxygen atoms in total. The highest BCUT2D eigenvalue weighted by Gasteiger charge is 2.20. The molecule has 1 aromatic heterocycles. The highest BCUT2D eigenvalue weighted by molar-refractivity contribution is 7.15. The number of thiazole rings is 1. The second-order valence-corrected chi connectivity index (χ2v) is 6.25. The van der Waals surface area contributed by atoms with Crippen molar-refractivity contribution in [1.29, 1.82) is 0 Å². The van der Waals surface area contributed by atoms with E-state index < -0.39 is 0 Å². The number of rotatable bonds is 3. The van der Waals surface area contributed by atoms with Crippen molar-refractivity contribution in [3.8, 4) is 0 Å². The van der Waals surface area contributed by atoms with Crippen LogP contribution in [0.1, 0.15) is 33.6 Å². The normalized spacial score (nSPS) is 14.3. The van der Waals surface area contributed by atoms with Crippen LogP contribution in [0.25, 0.3) is 0 Å². The summed E-state index contributed by atoms with van der Waals surface area (Å²) in [4.78, 5) is 17.1. The molecule has 1 aliphatic rings. The van der Waals surface area contributed by atoms with Gasteiger partial charge in [-0.05, 0) is 24.5 Å². The van der Waals surface area contributed by atoms with Gasteiger partial charge in [0, 0.05) is 28.7 Å². The third kappa shape index (κ3) is 2.65. The Hall–Kier alpha value is -1.39. The third-order valence-electron chi connectivity index (χ3n) is 3.26. The molecule has 3 rings (SSSR count). The molecule has 0 radical (unpaired) electrons. The van der Waals surface area contributed by atoms with Crippen molar-refractivity contribution in [3.63, 3.8) is 0 Å². The number of anilines is 1. The quantitative estimate of drug-likeness (QED) is 0.932. The lowest BCUT2D eigenvalue weighted by Crippen LogP contribution is -2.14. The number of Topliss-reactive ketones (excluding diaryl/α,β-unsaturated/α-hetero) is 1. The molecule has 0 aliphatic heterocycles. The number of hydrogen-bond donors (Lipinski definition) is 1. The molecule has 1 aliphatic carbocycles. The Morgan fingerprint density at radius 1 is 1.37 bits per heavy atom. The van der Waals surface area contributed by atoms with E-state index in [4.69, 9.17) is 11.6 Å². The molecule has 0 fully saturated rings. The van der Waals surface area contributed by atoms with Gasteiger partial charge in [0.2, 0.25) is 0 Å². The molecule has 0 amide bonds. The van der Waals surface area contributed by atoms with E-state index in [1.54, 1.807) is 6.20 Å². The molecule has 1 aromatic carbocycles. The van der Waals surface area contributed by atoms with E-state index in [9.17, 15) is 4.79 Å². The molecule has 0 saturated carbocycles. The zero-order valence-electron chi connectivity index (χ0n) is 10.3. The Kier molecular flexibility index (Phi) is 3.53. The molecular formula is C14H13ClN2OS. The van der Waals surface area contributed by atoms with E-state index in [0.717, 1.165) is 34.5 Å². The lowest BCUT2D eigenvalue weighted by Gasteiger charge is -2.18. The van der Waals surface area contributed by atoms with Gasteiger partial charge in [-0.25, -0.2) is 4.98 Å². The van der Waals surface area contributed by atoms with Gasteiger partial charge in [0.15, 0.2) is 10.3 Å². The van der Waals surface area contributed by atoms with Gasteiger partial charge >= 0.3 is 0 Å². The van der Waals surface area contributed by atoms with Crippen molar-refractivity contribution in [1.82, 2.24) is 4.98 Å². The number of nitrogens with zero attached hydrogens (tertiary/aromatic N) is 1. The standard InChI is InChI=1S/C14H13ClN2OS/c15-14-17-8-10(19-14)7-16-11-5-1-3-9-4-2-6-12(18)13(9)11/h1,3,5,8,16H,2,4,6-7H2. The minimum absolute atomic E-state index is 0.242. The predicted molar refractivity (Wildman–Crippen MR) is 78.2 cm³/mol. The van der Waals surface area contributed by atoms with E-state index in [1.165, 1.54) is 11.3 Å². The molecule has 0 spiro atoms. The monoisotopic (exact) mass is 292 g/mol. The Morgan fingerprint density at radius 3 is 3.05 bits per heavy atom. The molecule has 19 heavy (non-hydrogen) atoms. The fourth-order valence-corrected chi connectivity index (χ4v) is 3.31. The molecular weight excluding hydrogens is 280 g/mol. The van der Waals surface area contributed by atoms with Crippen molar-refractivity contribution in [2.75, 3.05) is 5.32 Å². The van der Waals surface area contributed by atoms with Gasteiger partial charge in [-0.1, -0.05) is 23.7 Å². The molecule has 0 bridgehead atoms. The second-order valence-electron chi connectivity index (χ2n) is 4.55. The topological polar surface area (TPSA) is 42.0 Å². The molecule has 5 heteroatoms. The zero-order chi connectivity index (χ0) is 13.2. The Labute approximate surface area is 120 Å². The maximum atomic E-state index is 12.1. The largest absolute Gasteiger partial charge is 0.379 e. The van der Waals surface area contributed by atoms with Crippen LogP contribution in [0.15, 0.2) is 24.4 Å². The van der Waals surface area contributed by atoms with Gasteiger partial charge in [0.1, 0.15) is 0 Å². The number of halogens is 1. The van der Waals surface area contributed by atoms with Crippen molar-refractivity contribution in [2.45, 2.75) is 25.8 Å². The van der Waals surface area contributed by atoms with Crippen molar-refractivity contribution >= 4 is 34.4 Å². The lowest BCUT2D eigenvalue weighted by molar-refractivity contribution is 0.0973. The minimum atomic E-state index is 0.242. The summed E-state index contributed by atoms with van der Waals surface area (Å²) in [5.41, 5.74) is 2.94. The van der Waals surface area contributed by atoms with Gasteiger partial charge in [-0.2, -0.15) is 0 Å². The van der Waals surface area contributed by atoms with Crippen LogP contribution in [0.3, 0.4) is 0 Å². The van der Waals surface area contributed by atoms with Crippen molar-refractivity contribution < 1.29 is 4.79 Å². The number of ketones is 1. The number of aromatic nitrogens is 1. The second kappa shape index (κ2) is 5.31. The molecule has 0 atom stereocenters. The number of carbonyl (C=O) groups excluding carboxylic acids is 1. The predicted octanol–water partition coefficient (Wildman–Crippen LogP) is 3.93. The van der Waals surface area contributed by atoms with Crippen LogP contribution in [0.5, 0.6) is 0 Å². The highest BCUT2D eigenvalue weighted by atomic mass is 35.5. The number of aryl methyl sites for hydroxylation is 1. The van der Waals surface area contributed by atoms with Gasteiger partial charge < -0.3 is 5.32 Å². The van der Waals surface area contributed by atoms with Crippen molar-refractivity contribution in [2.24, 2.45) is 0 Å². The fourth-order valence-electron chi connectivity index (χ4n) is 2.40. The molecule has 0 unspecified atom stereocenters. The van der Waals surface area contributed by atoms with Crippen LogP contribution >= 0.6 is 22.9 Å². The Morgan fingerprint density at radius 2 is 2.26 bits per heavy atom. The van der Waals surface area contributed by atoms with Gasteiger partial charge in [0.25, 0.3) is 0 Å². The maximum absolute atomic E-state index is 12.1. The smallest absolute Gasteiger partial charge is 0.183 e. The van der Waals surface area contributed by atoms with Gasteiger partial charge in [-0.15, -0.1) is 11.3 Å². The van der Waals surface area contributed by atoms with Crippen LogP contribution in [-0.2, 0) is 13.0 Å². The highest BCUT2D eigenvalue weighted by Crippen LogP contribution is 2.28. The third-order valence-corrected chi connectivity index (χ3v) is 4.37. The summed E-state index contributed by atoms with van der Waals surface area (Å²) >= 11 is 7.26. The van der Waals surface area contributed by atoms with Gasteiger partial charge in [-0.3, -0.25) is 4.79 Å². The number of benzene rings is 1. The van der Waals surface area contributed by atoms with E-state index in [0.29, 0.717) is 17.4 Å². The number of carbonyl (C=O) groups is 1. The molecule has 1 heterocycles. The average molecular weight is 293 g/mol. The zero-order valence-corrected chi connectivity index (χ0v) is 11.9. The summed E-state index contributed by atoms with van der Waals surface area (Å²) in [6, 6.07) is 6.01. The summed E-state index contributed by atoms with van der Waals surface area (Å²) in [6.07, 6.45) is 4.36. The fraction of sp³-hybridized carbons (Fsp3) is 0.286. The Balaban J connectivity index is 1.83. The van der Waals surface area contributed by atoms with E-state index in [-0.39, 0.29) is 5.78 Å². The maximum Gasteiger partial charge on any atom is 0.183 e. The first kappa shape index (κ1) is 12.6. The van der Waals surface area contributed by atoms with Crippen LogP contribution in [0, 0.1) is 0 Å². The summed E-state index contributed by atoms with van der Waals surface area (Å²) < 4.78 is 0.544. The summed E-state index contributed by atoms with van der Waals surface area (Å²) in [6.45, 7) is 0.647. The molecule has 1 N–H and O–H groups in total. The van der Waals surface area contributed by atoms with Crippen molar-refractivity contribution in [3.05, 3.63) is 44.9 Å². The first-order chi connectivity index (χ1) is 9.24. The summed E-state index contributed by atoms with van der Waals surface area (Å²) in [5.74, 6) is 0.242. The number of fused-ring (bicyclic) bond motifs is 1. The van der Waals surface area contributed by atoms with Crippen LogP contribution in [-0.4, -0.2) is 10.8 Å². The molecule has 98 valence electrons. The van der Waals surface area contributed by atoms with Crippen LogP contribution in [0.4, 0.5) is 5.69 Å². The average Bonchev–Trinajstić information content (AvgIpc) is 2.82. The van der Waals surface area contributed by atoms with E-state index >= 15 is 0 Å².